The van der Waals surface area contributed by atoms with Crippen molar-refractivity contribution >= 4 is 29.4 Å². The molecule has 2 aromatic rings. The Balaban J connectivity index is 1.82. The van der Waals surface area contributed by atoms with E-state index in [4.69, 9.17) is 22.7 Å². The SMILES string of the molecule is N=Cc1c(N)ccc(C2CC2)c1CNC(=O)c1ccc(Cl)cc1. The number of anilines is 1. The number of amides is 1. The monoisotopic (exact) mass is 327 g/mol. The Kier molecular flexibility index (Phi) is 4.35. The van der Waals surface area contributed by atoms with Gasteiger partial charge in [-0.15, -0.1) is 0 Å². The lowest BCUT2D eigenvalue weighted by molar-refractivity contribution is 0.0951. The van der Waals surface area contributed by atoms with Crippen LogP contribution >= 0.6 is 11.6 Å². The zero-order chi connectivity index (χ0) is 16.4. The molecule has 0 unspecified atom stereocenters. The van der Waals surface area contributed by atoms with E-state index in [0.717, 1.165) is 18.4 Å². The van der Waals surface area contributed by atoms with Crippen LogP contribution in [-0.4, -0.2) is 12.1 Å². The molecule has 3 rings (SSSR count). The first-order chi connectivity index (χ1) is 11.1. The Morgan fingerprint density at radius 1 is 1.26 bits per heavy atom. The topological polar surface area (TPSA) is 79.0 Å². The predicted molar refractivity (Wildman–Crippen MR) is 93.3 cm³/mol. The van der Waals surface area contributed by atoms with Gasteiger partial charge >= 0.3 is 0 Å². The number of rotatable bonds is 5. The van der Waals surface area contributed by atoms with Crippen LogP contribution in [0.5, 0.6) is 0 Å². The number of nitrogens with two attached hydrogens (primary N) is 1. The van der Waals surface area contributed by atoms with E-state index in [9.17, 15) is 4.79 Å². The van der Waals surface area contributed by atoms with E-state index in [1.165, 1.54) is 11.8 Å². The lowest BCUT2D eigenvalue weighted by Gasteiger charge is -2.15. The average Bonchev–Trinajstić information content (AvgIpc) is 3.38. The molecule has 0 aliphatic heterocycles. The molecule has 118 valence electrons. The summed E-state index contributed by atoms with van der Waals surface area (Å²) < 4.78 is 0. The minimum absolute atomic E-state index is 0.165. The Morgan fingerprint density at radius 3 is 2.57 bits per heavy atom. The number of nitrogens with one attached hydrogen (secondary N) is 2. The smallest absolute Gasteiger partial charge is 0.251 e. The van der Waals surface area contributed by atoms with Crippen molar-refractivity contribution in [1.29, 1.82) is 5.41 Å². The second kappa shape index (κ2) is 6.42. The van der Waals surface area contributed by atoms with E-state index in [1.54, 1.807) is 24.3 Å². The minimum Gasteiger partial charge on any atom is -0.398 e. The second-order valence-electron chi connectivity index (χ2n) is 5.74. The van der Waals surface area contributed by atoms with Crippen molar-refractivity contribution in [2.75, 3.05) is 5.73 Å². The second-order valence-corrected chi connectivity index (χ2v) is 6.18. The number of nitrogen functional groups attached to an aromatic ring is 1. The molecule has 0 aromatic heterocycles. The third-order valence-corrected chi connectivity index (χ3v) is 4.37. The number of halogens is 1. The van der Waals surface area contributed by atoms with Gasteiger partial charge in [-0.1, -0.05) is 17.7 Å². The maximum absolute atomic E-state index is 12.3. The fourth-order valence-corrected chi connectivity index (χ4v) is 2.84. The summed E-state index contributed by atoms with van der Waals surface area (Å²) in [5.41, 5.74) is 9.94. The quantitative estimate of drug-likeness (QED) is 0.578. The highest BCUT2D eigenvalue weighted by Crippen LogP contribution is 2.43. The largest absolute Gasteiger partial charge is 0.398 e. The Labute approximate surface area is 140 Å². The van der Waals surface area contributed by atoms with Gasteiger partial charge in [-0.25, -0.2) is 0 Å². The summed E-state index contributed by atoms with van der Waals surface area (Å²) in [5.74, 6) is 0.360. The summed E-state index contributed by atoms with van der Waals surface area (Å²) in [6.07, 6.45) is 3.57. The molecule has 2 aromatic carbocycles. The summed E-state index contributed by atoms with van der Waals surface area (Å²) in [6.45, 7) is 0.364. The lowest BCUT2D eigenvalue weighted by atomic mass is 9.96. The summed E-state index contributed by atoms with van der Waals surface area (Å²) in [4.78, 5) is 12.3. The number of hydrogen-bond acceptors (Lipinski definition) is 3. The van der Waals surface area contributed by atoms with Crippen molar-refractivity contribution in [3.05, 3.63) is 63.7 Å². The van der Waals surface area contributed by atoms with Crippen LogP contribution in [-0.2, 0) is 6.54 Å². The molecular formula is C18H18ClN3O. The summed E-state index contributed by atoms with van der Waals surface area (Å²) >= 11 is 5.84. The van der Waals surface area contributed by atoms with E-state index >= 15 is 0 Å². The van der Waals surface area contributed by atoms with Crippen LogP contribution in [0, 0.1) is 5.41 Å². The molecule has 1 aliphatic carbocycles. The van der Waals surface area contributed by atoms with Gasteiger partial charge in [-0.2, -0.15) is 0 Å². The van der Waals surface area contributed by atoms with E-state index in [2.05, 4.69) is 5.32 Å². The molecule has 4 N–H and O–H groups in total. The molecule has 1 fully saturated rings. The zero-order valence-electron chi connectivity index (χ0n) is 12.6. The molecule has 0 bridgehead atoms. The first-order valence-corrected chi connectivity index (χ1v) is 7.93. The standard InChI is InChI=1S/C18H18ClN3O/c19-13-5-3-12(4-6-13)18(23)22-10-16-14(11-1-2-11)7-8-17(21)15(16)9-20/h3-9,11,20H,1-2,10,21H2,(H,22,23). The van der Waals surface area contributed by atoms with Crippen molar-refractivity contribution in [1.82, 2.24) is 5.32 Å². The molecule has 1 saturated carbocycles. The van der Waals surface area contributed by atoms with Gasteiger partial charge in [-0.3, -0.25) is 4.79 Å². The lowest BCUT2D eigenvalue weighted by Crippen LogP contribution is -2.24. The molecule has 0 heterocycles. The molecule has 4 nitrogen and oxygen atoms in total. The van der Waals surface area contributed by atoms with Crippen LogP contribution < -0.4 is 11.1 Å². The Morgan fingerprint density at radius 2 is 1.96 bits per heavy atom. The van der Waals surface area contributed by atoms with Crippen molar-refractivity contribution in [3.63, 3.8) is 0 Å². The summed E-state index contributed by atoms with van der Waals surface area (Å²) in [5, 5.41) is 11.1. The molecule has 0 saturated heterocycles. The van der Waals surface area contributed by atoms with Crippen molar-refractivity contribution in [2.24, 2.45) is 0 Å². The van der Waals surface area contributed by atoms with Gasteiger partial charge in [0.2, 0.25) is 0 Å². The van der Waals surface area contributed by atoms with Crippen LogP contribution in [0.15, 0.2) is 36.4 Å². The third-order valence-electron chi connectivity index (χ3n) is 4.12. The van der Waals surface area contributed by atoms with Gasteiger partial charge in [0.15, 0.2) is 0 Å². The van der Waals surface area contributed by atoms with E-state index < -0.39 is 0 Å². The van der Waals surface area contributed by atoms with E-state index in [0.29, 0.717) is 34.3 Å². The van der Waals surface area contributed by atoms with Gasteiger partial charge in [0.25, 0.3) is 5.91 Å². The number of carbonyl (C=O) groups excluding carboxylic acids is 1. The Hall–Kier alpha value is -2.33. The van der Waals surface area contributed by atoms with Crippen molar-refractivity contribution in [3.8, 4) is 0 Å². The maximum atomic E-state index is 12.3. The van der Waals surface area contributed by atoms with Gasteiger partial charge in [0.05, 0.1) is 0 Å². The van der Waals surface area contributed by atoms with Crippen LogP contribution in [0.1, 0.15) is 45.8 Å². The van der Waals surface area contributed by atoms with Crippen LogP contribution in [0.3, 0.4) is 0 Å². The predicted octanol–water partition coefficient (Wildman–Crippen LogP) is 3.73. The first-order valence-electron chi connectivity index (χ1n) is 7.55. The normalized spacial score (nSPS) is 13.6. The zero-order valence-corrected chi connectivity index (χ0v) is 13.4. The Bertz CT molecular complexity index is 752. The van der Waals surface area contributed by atoms with Crippen LogP contribution in [0.2, 0.25) is 5.02 Å². The van der Waals surface area contributed by atoms with Gasteiger partial charge in [-0.05, 0) is 60.2 Å². The van der Waals surface area contributed by atoms with Gasteiger partial charge in [0.1, 0.15) is 0 Å². The molecule has 1 aliphatic rings. The van der Waals surface area contributed by atoms with E-state index in [-0.39, 0.29) is 5.91 Å². The molecule has 5 heteroatoms. The first kappa shape index (κ1) is 15.6. The fraction of sp³-hybridized carbons (Fsp3) is 0.222. The summed E-state index contributed by atoms with van der Waals surface area (Å²) in [6, 6.07) is 10.6. The van der Waals surface area contributed by atoms with Crippen molar-refractivity contribution in [2.45, 2.75) is 25.3 Å². The number of carbonyl (C=O) groups is 1. The van der Waals surface area contributed by atoms with E-state index in [1.807, 2.05) is 12.1 Å². The molecule has 0 spiro atoms. The van der Waals surface area contributed by atoms with Crippen LogP contribution in [0.4, 0.5) is 5.69 Å². The summed E-state index contributed by atoms with van der Waals surface area (Å²) in [7, 11) is 0. The highest BCUT2D eigenvalue weighted by Gasteiger charge is 2.27. The van der Waals surface area contributed by atoms with Gasteiger partial charge < -0.3 is 16.5 Å². The highest BCUT2D eigenvalue weighted by atomic mass is 35.5. The minimum atomic E-state index is -0.165. The molecule has 0 atom stereocenters. The molecule has 23 heavy (non-hydrogen) atoms. The number of benzene rings is 2. The molecule has 0 radical (unpaired) electrons. The van der Waals surface area contributed by atoms with Gasteiger partial charge in [0, 0.05) is 34.6 Å². The fourth-order valence-electron chi connectivity index (χ4n) is 2.72. The van der Waals surface area contributed by atoms with Crippen LogP contribution in [0.25, 0.3) is 0 Å². The third kappa shape index (κ3) is 3.37. The number of hydrogen-bond donors (Lipinski definition) is 3. The van der Waals surface area contributed by atoms with Crippen molar-refractivity contribution < 1.29 is 4.79 Å². The average molecular weight is 328 g/mol. The maximum Gasteiger partial charge on any atom is 0.251 e. The highest BCUT2D eigenvalue weighted by molar-refractivity contribution is 6.30. The molecular weight excluding hydrogens is 310 g/mol. The molecule has 1 amide bonds.